The molecule has 1 aliphatic rings. The number of nitrogens with zero attached hydrogens (tertiary/aromatic N) is 3. The Labute approximate surface area is 177 Å². The Morgan fingerprint density at radius 2 is 1.68 bits per heavy atom. The normalized spacial score (nSPS) is 12.4. The zero-order valence-electron chi connectivity index (χ0n) is 15.9. The molecular weight excluding hydrogens is 416 g/mol. The lowest BCUT2D eigenvalue weighted by Gasteiger charge is -2.09. The first-order valence-electron chi connectivity index (χ1n) is 9.26. The number of fused-ring (bicyclic) bond motifs is 3. The number of carbonyl (C=O) groups is 1. The van der Waals surface area contributed by atoms with Gasteiger partial charge in [0, 0.05) is 22.3 Å². The molecule has 153 valence electrons. The number of benzene rings is 3. The van der Waals surface area contributed by atoms with Gasteiger partial charge in [-0.2, -0.15) is 15.6 Å². The Morgan fingerprint density at radius 3 is 2.45 bits per heavy atom. The number of rotatable bonds is 5. The van der Waals surface area contributed by atoms with Gasteiger partial charge in [0.2, 0.25) is 0 Å². The number of aromatic amines is 1. The maximum atomic E-state index is 12.7. The summed E-state index contributed by atoms with van der Waals surface area (Å²) >= 11 is 0. The molecule has 4 aromatic rings. The largest absolute Gasteiger partial charge is 0.321 e. The quantitative estimate of drug-likeness (QED) is 0.448. The predicted molar refractivity (Wildman–Crippen MR) is 117 cm³/mol. The molecule has 1 amide bonds. The number of amides is 1. The zero-order valence-corrected chi connectivity index (χ0v) is 16.7. The fourth-order valence-corrected chi connectivity index (χ4v) is 4.32. The van der Waals surface area contributed by atoms with Gasteiger partial charge in [-0.25, -0.2) is 8.42 Å². The minimum absolute atomic E-state index is 0.0816. The lowest BCUT2D eigenvalue weighted by Crippen LogP contribution is -2.14. The van der Waals surface area contributed by atoms with Gasteiger partial charge in [-0.1, -0.05) is 18.2 Å². The van der Waals surface area contributed by atoms with Crippen molar-refractivity contribution in [2.75, 3.05) is 10.0 Å². The third-order valence-corrected chi connectivity index (χ3v) is 6.17. The topological polar surface area (TPSA) is 130 Å². The van der Waals surface area contributed by atoms with Gasteiger partial charge < -0.3 is 5.32 Å². The molecule has 1 aromatic heterocycles. The van der Waals surface area contributed by atoms with Gasteiger partial charge in [-0.15, -0.1) is 0 Å². The summed E-state index contributed by atoms with van der Waals surface area (Å²) in [6.07, 6.45) is 1.61. The molecule has 10 heteroatoms. The molecule has 5 rings (SSSR count). The Bertz CT molecular complexity index is 1430. The van der Waals surface area contributed by atoms with E-state index in [0.29, 0.717) is 28.0 Å². The minimum Gasteiger partial charge on any atom is -0.321 e. The number of anilines is 2. The molecule has 3 N–H and O–H groups in total. The molecule has 3 aromatic carbocycles. The van der Waals surface area contributed by atoms with Crippen LogP contribution in [0.15, 0.2) is 76.7 Å². The number of aromatic nitrogens is 2. The Morgan fingerprint density at radius 1 is 0.903 bits per heavy atom. The first kappa shape index (κ1) is 18.8. The number of hydrogen-bond acceptors (Lipinski definition) is 5. The Hall–Kier alpha value is -4.18. The van der Waals surface area contributed by atoms with Gasteiger partial charge >= 0.3 is 0 Å². The average Bonchev–Trinajstić information content (AvgIpc) is 3.41. The van der Waals surface area contributed by atoms with Crippen LogP contribution in [-0.4, -0.2) is 30.7 Å². The summed E-state index contributed by atoms with van der Waals surface area (Å²) in [6.45, 7) is 0. The molecule has 0 saturated carbocycles. The van der Waals surface area contributed by atoms with E-state index in [1.807, 2.05) is 0 Å². The predicted octanol–water partition coefficient (Wildman–Crippen LogP) is 3.20. The van der Waals surface area contributed by atoms with Crippen molar-refractivity contribution < 1.29 is 13.2 Å². The van der Waals surface area contributed by atoms with Gasteiger partial charge in [-0.3, -0.25) is 14.6 Å². The third-order valence-electron chi connectivity index (χ3n) is 4.77. The number of H-pyrrole nitrogens is 1. The van der Waals surface area contributed by atoms with Crippen molar-refractivity contribution in [3.63, 3.8) is 0 Å². The summed E-state index contributed by atoms with van der Waals surface area (Å²) in [4.78, 5) is 12.8. The van der Waals surface area contributed by atoms with Crippen LogP contribution in [-0.2, 0) is 10.0 Å². The number of carbonyl (C=O) groups excluding carboxylic acids is 1. The van der Waals surface area contributed by atoms with E-state index < -0.39 is 15.9 Å². The lowest BCUT2D eigenvalue weighted by molar-refractivity contribution is 0.102. The summed E-state index contributed by atoms with van der Waals surface area (Å²) in [5, 5.41) is 14.2. The van der Waals surface area contributed by atoms with Gasteiger partial charge in [0.25, 0.3) is 15.9 Å². The number of para-hydroxylation sites is 1. The zero-order chi connectivity index (χ0) is 21.4. The average molecular weight is 431 g/mol. The second-order valence-electron chi connectivity index (χ2n) is 6.79. The van der Waals surface area contributed by atoms with Crippen molar-refractivity contribution in [3.05, 3.63) is 78.0 Å². The highest BCUT2D eigenvalue weighted by Crippen LogP contribution is 2.28. The standard InChI is InChI=1S/C21H15N6O3S/c28-21(20-16-10-11-18-17(12-22-24-18)19(16)25-26-20)23-13-6-8-15(9-7-13)31(29,30)27-14-4-2-1-3-5-14/h1-12,27H,(H,23,28)(H,25,26). The molecule has 31 heavy (non-hydrogen) atoms. The van der Waals surface area contributed by atoms with Crippen LogP contribution in [0.5, 0.6) is 0 Å². The first-order valence-corrected chi connectivity index (χ1v) is 10.7. The van der Waals surface area contributed by atoms with Crippen LogP contribution in [0.3, 0.4) is 0 Å². The van der Waals surface area contributed by atoms with Crippen LogP contribution in [0.4, 0.5) is 17.1 Å². The monoisotopic (exact) mass is 431 g/mol. The van der Waals surface area contributed by atoms with Crippen LogP contribution < -0.4 is 15.5 Å². The van der Waals surface area contributed by atoms with E-state index in [-0.39, 0.29) is 10.6 Å². The highest BCUT2D eigenvalue weighted by Gasteiger charge is 2.20. The summed E-state index contributed by atoms with van der Waals surface area (Å²) in [7, 11) is -3.74. The van der Waals surface area contributed by atoms with Crippen molar-refractivity contribution in [2.45, 2.75) is 4.90 Å². The fourth-order valence-electron chi connectivity index (χ4n) is 3.27. The highest BCUT2D eigenvalue weighted by atomic mass is 32.2. The fraction of sp³-hybridized carbons (Fsp3) is 0. The Balaban J connectivity index is 1.35. The molecule has 0 unspecified atom stereocenters. The van der Waals surface area contributed by atoms with Crippen molar-refractivity contribution in [3.8, 4) is 0 Å². The number of sulfonamides is 1. The molecule has 0 bridgehead atoms. The SMILES string of the molecule is O=C(Nc1ccc(S(=O)(=O)Nc2ccccc2)cc1)c1n[nH]c2c3c(ccc12)[N]N=C3. The van der Waals surface area contributed by atoms with E-state index in [2.05, 4.69) is 30.8 Å². The number of hydrogen-bond donors (Lipinski definition) is 3. The van der Waals surface area contributed by atoms with Crippen LogP contribution in [0.1, 0.15) is 16.1 Å². The van der Waals surface area contributed by atoms with Crippen molar-refractivity contribution in [1.29, 1.82) is 0 Å². The second kappa shape index (κ2) is 7.26. The van der Waals surface area contributed by atoms with E-state index in [0.717, 1.165) is 5.56 Å². The van der Waals surface area contributed by atoms with Crippen molar-refractivity contribution >= 4 is 50.1 Å². The van der Waals surface area contributed by atoms with Gasteiger partial charge in [0.15, 0.2) is 5.69 Å². The molecule has 0 spiro atoms. The van der Waals surface area contributed by atoms with Crippen LogP contribution in [0.25, 0.3) is 10.9 Å². The minimum atomic E-state index is -3.74. The van der Waals surface area contributed by atoms with Crippen molar-refractivity contribution in [1.82, 2.24) is 15.6 Å². The lowest BCUT2D eigenvalue weighted by atomic mass is 10.1. The molecule has 0 aliphatic carbocycles. The number of nitrogens with one attached hydrogen (secondary N) is 3. The summed E-state index contributed by atoms with van der Waals surface area (Å²) in [6, 6.07) is 18.0. The summed E-state index contributed by atoms with van der Waals surface area (Å²) < 4.78 is 27.6. The molecule has 2 heterocycles. The van der Waals surface area contributed by atoms with Gasteiger partial charge in [0.1, 0.15) is 0 Å². The highest BCUT2D eigenvalue weighted by molar-refractivity contribution is 7.92. The Kier molecular flexibility index (Phi) is 4.41. The molecule has 1 radical (unpaired) electrons. The molecule has 0 saturated heterocycles. The van der Waals surface area contributed by atoms with E-state index in [4.69, 9.17) is 0 Å². The van der Waals surface area contributed by atoms with Crippen LogP contribution >= 0.6 is 0 Å². The summed E-state index contributed by atoms with van der Waals surface area (Å²) in [5.41, 5.74) is 7.30. The molecule has 9 nitrogen and oxygen atoms in total. The maximum Gasteiger partial charge on any atom is 0.276 e. The van der Waals surface area contributed by atoms with Gasteiger partial charge in [0.05, 0.1) is 22.3 Å². The van der Waals surface area contributed by atoms with Crippen LogP contribution in [0, 0.1) is 0 Å². The second-order valence-corrected chi connectivity index (χ2v) is 8.47. The van der Waals surface area contributed by atoms with Gasteiger partial charge in [-0.05, 0) is 48.5 Å². The van der Waals surface area contributed by atoms with E-state index in [1.165, 1.54) is 24.3 Å². The third kappa shape index (κ3) is 3.49. The first-order chi connectivity index (χ1) is 15.0. The van der Waals surface area contributed by atoms with E-state index in [1.54, 1.807) is 48.7 Å². The van der Waals surface area contributed by atoms with Crippen molar-refractivity contribution in [2.24, 2.45) is 5.10 Å². The molecule has 0 fully saturated rings. The van der Waals surface area contributed by atoms with Crippen LogP contribution in [0.2, 0.25) is 0 Å². The molecule has 0 atom stereocenters. The van der Waals surface area contributed by atoms with E-state index >= 15 is 0 Å². The summed E-state index contributed by atoms with van der Waals surface area (Å²) in [5.74, 6) is -0.420. The maximum absolute atomic E-state index is 12.7. The molecular formula is C21H15N6O3S. The smallest absolute Gasteiger partial charge is 0.276 e. The molecule has 1 aliphatic heterocycles. The van der Waals surface area contributed by atoms with E-state index in [9.17, 15) is 13.2 Å².